The normalized spacial score (nSPS) is 34.8. The summed E-state index contributed by atoms with van der Waals surface area (Å²) in [5.74, 6) is 0.310. The topological polar surface area (TPSA) is 79.2 Å². The van der Waals surface area contributed by atoms with Gasteiger partial charge in [-0.3, -0.25) is 14.9 Å². The van der Waals surface area contributed by atoms with E-state index >= 15 is 0 Å². The molecule has 0 radical (unpaired) electrons. The van der Waals surface area contributed by atoms with Gasteiger partial charge in [0.05, 0.1) is 5.54 Å². The lowest BCUT2D eigenvalue weighted by atomic mass is 9.76. The van der Waals surface area contributed by atoms with Gasteiger partial charge >= 0.3 is 0 Å². The van der Waals surface area contributed by atoms with Gasteiger partial charge in [0.2, 0.25) is 12.5 Å². The summed E-state index contributed by atoms with van der Waals surface area (Å²) in [6.45, 7) is 0.737. The highest BCUT2D eigenvalue weighted by molar-refractivity contribution is 5.81. The lowest BCUT2D eigenvalue weighted by Gasteiger charge is -2.43. The summed E-state index contributed by atoms with van der Waals surface area (Å²) < 4.78 is 0. The standard InChI is InChI=1S/C14H17N3O3/c18-13-7-11-9(8-17(19)20)1-4-14(11)10-2-5-15-12(10)3-6-16(13)14/h2,5,9,11,15H,1,3-4,6-8H2/t9-,11-,14-/m0/s1. The van der Waals surface area contributed by atoms with E-state index in [4.69, 9.17) is 0 Å². The fourth-order valence-electron chi connectivity index (χ4n) is 4.83. The number of nitrogens with zero attached hydrogens (tertiary/aromatic N) is 2. The largest absolute Gasteiger partial charge is 0.365 e. The maximum atomic E-state index is 12.3. The van der Waals surface area contributed by atoms with Gasteiger partial charge < -0.3 is 9.88 Å². The minimum absolute atomic E-state index is 0.00665. The molecule has 20 heavy (non-hydrogen) atoms. The van der Waals surface area contributed by atoms with Crippen LogP contribution in [0.3, 0.4) is 0 Å². The highest BCUT2D eigenvalue weighted by Crippen LogP contribution is 2.58. The number of nitrogens with one attached hydrogen (secondary N) is 1. The summed E-state index contributed by atoms with van der Waals surface area (Å²) in [5, 5.41) is 10.9. The summed E-state index contributed by atoms with van der Waals surface area (Å²) in [6.07, 6.45) is 4.99. The third kappa shape index (κ3) is 1.31. The first kappa shape index (κ1) is 11.9. The van der Waals surface area contributed by atoms with E-state index in [1.54, 1.807) is 0 Å². The van der Waals surface area contributed by atoms with E-state index in [9.17, 15) is 14.9 Å². The lowest BCUT2D eigenvalue weighted by Crippen LogP contribution is -2.49. The molecule has 0 bridgehead atoms. The zero-order valence-corrected chi connectivity index (χ0v) is 11.2. The van der Waals surface area contributed by atoms with E-state index < -0.39 is 0 Å². The second-order valence-electron chi connectivity index (χ2n) is 6.21. The zero-order valence-electron chi connectivity index (χ0n) is 11.2. The molecule has 1 aromatic heterocycles. The molecule has 2 fully saturated rings. The summed E-state index contributed by atoms with van der Waals surface area (Å²) in [6, 6.07) is 2.07. The molecule has 1 spiro atoms. The summed E-state index contributed by atoms with van der Waals surface area (Å²) >= 11 is 0. The Kier molecular flexibility index (Phi) is 2.29. The molecule has 1 aliphatic carbocycles. The number of carbonyl (C=O) groups excluding carboxylic acids is 1. The van der Waals surface area contributed by atoms with Gasteiger partial charge in [-0.15, -0.1) is 0 Å². The van der Waals surface area contributed by atoms with Crippen molar-refractivity contribution < 1.29 is 9.72 Å². The second-order valence-corrected chi connectivity index (χ2v) is 6.21. The molecular weight excluding hydrogens is 258 g/mol. The Bertz CT molecular complexity index is 596. The van der Waals surface area contributed by atoms with Crippen LogP contribution in [0, 0.1) is 22.0 Å². The van der Waals surface area contributed by atoms with Crippen molar-refractivity contribution in [3.05, 3.63) is 33.6 Å². The van der Waals surface area contributed by atoms with Crippen molar-refractivity contribution in [2.45, 2.75) is 31.2 Å². The van der Waals surface area contributed by atoms with Gasteiger partial charge in [-0.1, -0.05) is 0 Å². The summed E-state index contributed by atoms with van der Waals surface area (Å²) in [7, 11) is 0. The van der Waals surface area contributed by atoms with Crippen molar-refractivity contribution in [2.24, 2.45) is 11.8 Å². The van der Waals surface area contributed by atoms with Crippen molar-refractivity contribution in [3.63, 3.8) is 0 Å². The lowest BCUT2D eigenvalue weighted by molar-refractivity contribution is -0.489. The zero-order chi connectivity index (χ0) is 13.9. The number of rotatable bonds is 2. The minimum Gasteiger partial charge on any atom is -0.365 e. The van der Waals surface area contributed by atoms with E-state index in [1.807, 2.05) is 11.1 Å². The number of nitro groups is 1. The van der Waals surface area contributed by atoms with Crippen molar-refractivity contribution in [1.29, 1.82) is 0 Å². The van der Waals surface area contributed by atoms with Crippen molar-refractivity contribution in [2.75, 3.05) is 13.1 Å². The van der Waals surface area contributed by atoms with Crippen LogP contribution in [0.5, 0.6) is 0 Å². The van der Waals surface area contributed by atoms with Crippen LogP contribution in [0.25, 0.3) is 0 Å². The van der Waals surface area contributed by atoms with Gasteiger partial charge in [0.25, 0.3) is 0 Å². The molecule has 3 aliphatic rings. The second kappa shape index (κ2) is 3.84. The Morgan fingerprint density at radius 2 is 2.40 bits per heavy atom. The van der Waals surface area contributed by atoms with Crippen molar-refractivity contribution >= 4 is 5.91 Å². The van der Waals surface area contributed by atoms with Gasteiger partial charge in [-0.25, -0.2) is 0 Å². The Balaban J connectivity index is 1.80. The number of aromatic nitrogens is 1. The minimum atomic E-state index is -0.259. The van der Waals surface area contributed by atoms with Crippen LogP contribution in [0.15, 0.2) is 12.3 Å². The van der Waals surface area contributed by atoms with E-state index in [0.717, 1.165) is 25.8 Å². The summed E-state index contributed by atoms with van der Waals surface area (Å²) in [4.78, 5) is 28.3. The van der Waals surface area contributed by atoms with E-state index in [0.29, 0.717) is 6.42 Å². The third-order valence-electron chi connectivity index (χ3n) is 5.52. The SMILES string of the molecule is O=C1C[C@H]2[C@H](C[N+](=O)[O-])CC[C@]23c2cc[nH]c2CCN13. The van der Waals surface area contributed by atoms with E-state index in [-0.39, 0.29) is 34.7 Å². The monoisotopic (exact) mass is 275 g/mol. The Morgan fingerprint density at radius 1 is 1.55 bits per heavy atom. The third-order valence-corrected chi connectivity index (χ3v) is 5.52. The van der Waals surface area contributed by atoms with Gasteiger partial charge in [0.15, 0.2) is 0 Å². The predicted molar refractivity (Wildman–Crippen MR) is 70.6 cm³/mol. The molecule has 3 atom stereocenters. The number of hydrogen-bond donors (Lipinski definition) is 1. The number of aromatic amines is 1. The maximum Gasteiger partial charge on any atom is 0.223 e. The van der Waals surface area contributed by atoms with Crippen LogP contribution in [-0.2, 0) is 16.8 Å². The molecule has 2 aliphatic heterocycles. The molecule has 6 heteroatoms. The predicted octanol–water partition coefficient (Wildman–Crippen LogP) is 1.30. The molecule has 106 valence electrons. The average Bonchev–Trinajstić information content (AvgIpc) is 3.04. The van der Waals surface area contributed by atoms with Crippen LogP contribution >= 0.6 is 0 Å². The Hall–Kier alpha value is -1.85. The first-order valence-electron chi connectivity index (χ1n) is 7.22. The molecule has 1 saturated carbocycles. The molecule has 6 nitrogen and oxygen atoms in total. The number of H-pyrrole nitrogens is 1. The fraction of sp³-hybridized carbons (Fsp3) is 0.643. The molecule has 1 N–H and O–H groups in total. The average molecular weight is 275 g/mol. The Morgan fingerprint density at radius 3 is 3.20 bits per heavy atom. The van der Waals surface area contributed by atoms with Gasteiger partial charge in [-0.05, 0) is 24.5 Å². The first-order chi connectivity index (χ1) is 9.63. The molecule has 3 heterocycles. The van der Waals surface area contributed by atoms with Crippen LogP contribution in [0.1, 0.15) is 30.5 Å². The van der Waals surface area contributed by atoms with Gasteiger partial charge in [-0.2, -0.15) is 0 Å². The van der Waals surface area contributed by atoms with Crippen LogP contribution in [-0.4, -0.2) is 33.8 Å². The quantitative estimate of drug-likeness (QED) is 0.652. The van der Waals surface area contributed by atoms with Crippen LogP contribution in [0.4, 0.5) is 0 Å². The van der Waals surface area contributed by atoms with Gasteiger partial charge in [0, 0.05) is 48.0 Å². The van der Waals surface area contributed by atoms with E-state index in [2.05, 4.69) is 11.1 Å². The molecule has 4 rings (SSSR count). The molecule has 0 unspecified atom stereocenters. The van der Waals surface area contributed by atoms with Crippen molar-refractivity contribution in [3.8, 4) is 0 Å². The fourth-order valence-corrected chi connectivity index (χ4v) is 4.83. The molecular formula is C14H17N3O3. The highest BCUT2D eigenvalue weighted by Gasteiger charge is 2.62. The number of hydrogen-bond acceptors (Lipinski definition) is 3. The van der Waals surface area contributed by atoms with Gasteiger partial charge in [0.1, 0.15) is 0 Å². The maximum absolute atomic E-state index is 12.3. The first-order valence-corrected chi connectivity index (χ1v) is 7.22. The molecule has 0 aromatic carbocycles. The summed E-state index contributed by atoms with van der Waals surface area (Å²) in [5.41, 5.74) is 2.17. The highest BCUT2D eigenvalue weighted by atomic mass is 16.6. The van der Waals surface area contributed by atoms with Crippen LogP contribution in [0.2, 0.25) is 0 Å². The molecule has 1 amide bonds. The Labute approximate surface area is 116 Å². The number of carbonyl (C=O) groups is 1. The van der Waals surface area contributed by atoms with Crippen molar-refractivity contribution in [1.82, 2.24) is 9.88 Å². The van der Waals surface area contributed by atoms with Crippen LogP contribution < -0.4 is 0 Å². The van der Waals surface area contributed by atoms with E-state index in [1.165, 1.54) is 11.3 Å². The molecule has 1 saturated heterocycles. The number of amides is 1. The molecule has 1 aromatic rings. The smallest absolute Gasteiger partial charge is 0.223 e. The number of fused-ring (bicyclic) bond motifs is 1.